The van der Waals surface area contributed by atoms with E-state index in [0.29, 0.717) is 0 Å². The third kappa shape index (κ3) is 3.57. The van der Waals surface area contributed by atoms with E-state index in [2.05, 4.69) is 10.4 Å². The van der Waals surface area contributed by atoms with Gasteiger partial charge in [0.05, 0.1) is 5.56 Å². The van der Waals surface area contributed by atoms with E-state index in [1.54, 1.807) is 0 Å². The number of amides is 1. The van der Waals surface area contributed by atoms with Crippen LogP contribution >= 0.6 is 23.2 Å². The van der Waals surface area contributed by atoms with Gasteiger partial charge in [-0.15, -0.1) is 0 Å². The summed E-state index contributed by atoms with van der Waals surface area (Å²) in [6.07, 6.45) is -0.571. The summed E-state index contributed by atoms with van der Waals surface area (Å²) in [5.74, 6) is -4.03. The molecule has 11 heteroatoms. The summed E-state index contributed by atoms with van der Waals surface area (Å²) in [7, 11) is 1.21. The molecule has 0 aliphatic heterocycles. The minimum atomic E-state index is -4.86. The van der Waals surface area contributed by atoms with Crippen molar-refractivity contribution in [2.24, 2.45) is 13.0 Å². The molecular weight excluding hydrogens is 374 g/mol. The first kappa shape index (κ1) is 18.3. The Kier molecular flexibility index (Phi) is 4.69. The third-order valence-electron chi connectivity index (χ3n) is 3.16. The van der Waals surface area contributed by atoms with Crippen molar-refractivity contribution < 1.29 is 27.9 Å². The summed E-state index contributed by atoms with van der Waals surface area (Å²) in [5, 5.41) is 14.5. The molecule has 1 aliphatic carbocycles. The van der Waals surface area contributed by atoms with Crippen LogP contribution in [0.25, 0.3) is 0 Å². The highest BCUT2D eigenvalue weighted by Crippen LogP contribution is 2.35. The molecule has 1 aliphatic rings. The lowest BCUT2D eigenvalue weighted by atomic mass is 9.94. The number of nitrogens with one attached hydrogen (secondary N) is 1. The van der Waals surface area contributed by atoms with E-state index in [1.165, 1.54) is 13.1 Å². The van der Waals surface area contributed by atoms with E-state index < -0.39 is 40.2 Å². The van der Waals surface area contributed by atoms with Crippen LogP contribution in [0.3, 0.4) is 0 Å². The number of halogens is 5. The molecule has 1 heterocycles. The molecule has 2 atom stereocenters. The number of carbonyl (C=O) groups excluding carboxylic acids is 1. The fourth-order valence-corrected chi connectivity index (χ4v) is 2.82. The van der Waals surface area contributed by atoms with Crippen LogP contribution in [0.4, 0.5) is 13.2 Å². The van der Waals surface area contributed by atoms with Gasteiger partial charge in [-0.3, -0.25) is 14.3 Å². The smallest absolute Gasteiger partial charge is 0.435 e. The molecule has 0 saturated heterocycles. The number of allylic oxidation sites excluding steroid dienone is 2. The number of hydrogen-bond acceptors (Lipinski definition) is 3. The van der Waals surface area contributed by atoms with Crippen molar-refractivity contribution in [2.75, 3.05) is 0 Å². The van der Waals surface area contributed by atoms with Gasteiger partial charge in [0, 0.05) is 18.3 Å². The van der Waals surface area contributed by atoms with E-state index in [9.17, 15) is 27.9 Å². The van der Waals surface area contributed by atoms with Gasteiger partial charge in [0.15, 0.2) is 10.7 Å². The van der Waals surface area contributed by atoms with Gasteiger partial charge in [-0.2, -0.15) is 18.3 Å². The number of aryl methyl sites for hydroxylation is 1. The van der Waals surface area contributed by atoms with Gasteiger partial charge < -0.3 is 10.4 Å². The molecule has 0 fully saturated rings. The molecule has 0 aromatic carbocycles. The zero-order chi connectivity index (χ0) is 18.3. The second-order valence-corrected chi connectivity index (χ2v) is 6.05. The normalized spacial score (nSPS) is 23.8. The van der Waals surface area contributed by atoms with Gasteiger partial charge in [0.25, 0.3) is 5.91 Å². The topological polar surface area (TPSA) is 84.2 Å². The molecule has 24 heavy (non-hydrogen) atoms. The number of carboxylic acids is 1. The molecule has 6 nitrogen and oxygen atoms in total. The number of carbonyl (C=O) groups is 2. The summed E-state index contributed by atoms with van der Waals surface area (Å²) >= 11 is 11.9. The maximum absolute atomic E-state index is 12.9. The number of hydrogen-bond donors (Lipinski definition) is 2. The summed E-state index contributed by atoms with van der Waals surface area (Å²) < 4.78 is 39.6. The molecule has 0 bridgehead atoms. The first-order valence-corrected chi connectivity index (χ1v) is 7.11. The monoisotopic (exact) mass is 383 g/mol. The standard InChI is InChI=1S/C13H10Cl2F3N3O3/c1-21-5-7(9(20-21)13(16,17)18)10(22)19-12(15)4-6(14)2-3-8(12)11(23)24/h2-5,8H,1H3,(H,19,22)(H,23,24)/t8-,12?/m0/s1. The Balaban J connectivity index is 2.39. The van der Waals surface area contributed by atoms with Crippen LogP contribution in [-0.4, -0.2) is 31.8 Å². The summed E-state index contributed by atoms with van der Waals surface area (Å²) in [4.78, 5) is 21.5. The van der Waals surface area contributed by atoms with Crippen molar-refractivity contribution in [1.82, 2.24) is 15.1 Å². The average Bonchev–Trinajstić information content (AvgIpc) is 2.79. The number of aromatic nitrogens is 2. The van der Waals surface area contributed by atoms with Crippen molar-refractivity contribution >= 4 is 35.1 Å². The first-order chi connectivity index (χ1) is 10.9. The Labute approximate surface area is 143 Å². The van der Waals surface area contributed by atoms with Crippen molar-refractivity contribution in [3.63, 3.8) is 0 Å². The molecule has 0 saturated carbocycles. The van der Waals surface area contributed by atoms with E-state index in [4.69, 9.17) is 23.2 Å². The Morgan fingerprint density at radius 1 is 1.46 bits per heavy atom. The van der Waals surface area contributed by atoms with Crippen LogP contribution < -0.4 is 5.32 Å². The number of aliphatic carboxylic acids is 1. The molecular formula is C13H10Cl2F3N3O3. The Morgan fingerprint density at radius 2 is 2.08 bits per heavy atom. The molecule has 0 spiro atoms. The third-order valence-corrected chi connectivity index (χ3v) is 3.84. The zero-order valence-electron chi connectivity index (χ0n) is 11.9. The predicted molar refractivity (Wildman–Crippen MR) is 78.5 cm³/mol. The van der Waals surface area contributed by atoms with Crippen molar-refractivity contribution in [3.05, 3.63) is 40.7 Å². The van der Waals surface area contributed by atoms with Crippen LogP contribution in [0, 0.1) is 5.92 Å². The molecule has 2 N–H and O–H groups in total. The highest BCUT2D eigenvalue weighted by Gasteiger charge is 2.44. The lowest BCUT2D eigenvalue weighted by Crippen LogP contribution is -2.51. The molecule has 1 unspecified atom stereocenters. The zero-order valence-corrected chi connectivity index (χ0v) is 13.4. The predicted octanol–water partition coefficient (Wildman–Crippen LogP) is 2.50. The minimum Gasteiger partial charge on any atom is -0.481 e. The second-order valence-electron chi connectivity index (χ2n) is 4.99. The summed E-state index contributed by atoms with van der Waals surface area (Å²) in [6, 6.07) is 0. The number of alkyl halides is 4. The van der Waals surface area contributed by atoms with Gasteiger partial charge in [0.1, 0.15) is 5.92 Å². The molecule has 1 aromatic heterocycles. The Bertz CT molecular complexity index is 757. The first-order valence-electron chi connectivity index (χ1n) is 6.35. The van der Waals surface area contributed by atoms with Gasteiger partial charge >= 0.3 is 12.1 Å². The van der Waals surface area contributed by atoms with Crippen LogP contribution in [-0.2, 0) is 18.0 Å². The maximum Gasteiger partial charge on any atom is 0.435 e. The van der Waals surface area contributed by atoms with Crippen molar-refractivity contribution in [3.8, 4) is 0 Å². The Hall–Kier alpha value is -2.00. The second kappa shape index (κ2) is 6.14. The number of rotatable bonds is 3. The Morgan fingerprint density at radius 3 is 2.62 bits per heavy atom. The molecule has 2 rings (SSSR count). The largest absolute Gasteiger partial charge is 0.481 e. The fourth-order valence-electron chi connectivity index (χ4n) is 2.15. The number of carboxylic acid groups (broad SMARTS) is 1. The van der Waals surface area contributed by atoms with Crippen LogP contribution in [0.2, 0.25) is 0 Å². The molecule has 130 valence electrons. The highest BCUT2D eigenvalue weighted by molar-refractivity contribution is 6.34. The van der Waals surface area contributed by atoms with Crippen LogP contribution in [0.15, 0.2) is 29.5 Å². The summed E-state index contributed by atoms with van der Waals surface area (Å²) in [6.45, 7) is 0. The van der Waals surface area contributed by atoms with Gasteiger partial charge in [0.2, 0.25) is 0 Å². The van der Waals surface area contributed by atoms with Gasteiger partial charge in [-0.05, 0) is 12.2 Å². The molecule has 1 amide bonds. The van der Waals surface area contributed by atoms with E-state index in [1.807, 2.05) is 0 Å². The van der Waals surface area contributed by atoms with Gasteiger partial charge in [-0.25, -0.2) is 0 Å². The van der Waals surface area contributed by atoms with Gasteiger partial charge in [-0.1, -0.05) is 29.3 Å². The van der Waals surface area contributed by atoms with E-state index in [-0.39, 0.29) is 5.03 Å². The van der Waals surface area contributed by atoms with E-state index in [0.717, 1.165) is 23.0 Å². The van der Waals surface area contributed by atoms with Crippen molar-refractivity contribution in [2.45, 2.75) is 11.2 Å². The highest BCUT2D eigenvalue weighted by atomic mass is 35.5. The molecule has 0 radical (unpaired) electrons. The SMILES string of the molecule is Cn1cc(C(=O)NC2(Cl)C=C(Cl)C=C[C@H]2C(=O)O)c(C(F)(F)F)n1. The lowest BCUT2D eigenvalue weighted by Gasteiger charge is -2.31. The average molecular weight is 384 g/mol. The summed E-state index contributed by atoms with van der Waals surface area (Å²) in [5.41, 5.74) is -2.19. The number of nitrogens with zero attached hydrogens (tertiary/aromatic N) is 2. The van der Waals surface area contributed by atoms with Crippen molar-refractivity contribution in [1.29, 1.82) is 0 Å². The van der Waals surface area contributed by atoms with Crippen LogP contribution in [0.1, 0.15) is 16.1 Å². The van der Waals surface area contributed by atoms with Crippen LogP contribution in [0.5, 0.6) is 0 Å². The quantitative estimate of drug-likeness (QED) is 0.620. The van der Waals surface area contributed by atoms with E-state index >= 15 is 0 Å². The maximum atomic E-state index is 12.9. The fraction of sp³-hybridized carbons (Fsp3) is 0.308. The lowest BCUT2D eigenvalue weighted by molar-refractivity contribution is -0.142. The molecule has 1 aromatic rings. The minimum absolute atomic E-state index is 0.0324.